The molecule has 110 valence electrons. The van der Waals surface area contributed by atoms with E-state index in [9.17, 15) is 0 Å². The van der Waals surface area contributed by atoms with E-state index in [1.807, 2.05) is 0 Å². The van der Waals surface area contributed by atoms with E-state index in [2.05, 4.69) is 32.0 Å². The van der Waals surface area contributed by atoms with Crippen molar-refractivity contribution in [2.75, 3.05) is 19.8 Å². The van der Waals surface area contributed by atoms with E-state index in [-0.39, 0.29) is 0 Å². The van der Waals surface area contributed by atoms with Crippen LogP contribution in [-0.2, 0) is 22.3 Å². The van der Waals surface area contributed by atoms with Crippen LogP contribution in [-0.4, -0.2) is 35.7 Å². The van der Waals surface area contributed by atoms with Crippen LogP contribution < -0.4 is 4.43 Å². The highest BCUT2D eigenvalue weighted by Crippen LogP contribution is 2.23. The van der Waals surface area contributed by atoms with Crippen molar-refractivity contribution in [1.82, 2.24) is 0 Å². The van der Waals surface area contributed by atoms with Gasteiger partial charge in [-0.15, -0.1) is 0 Å². The summed E-state index contributed by atoms with van der Waals surface area (Å²) in [6, 6.07) is 7.44. The minimum atomic E-state index is 0.373. The standard InChI is InChI=1S/C16H24O3Si/c1-3-13-7-5-8-16(15(13)4-2)19-20-10-6-9-17-11-14-12-18-14/h5,7-8,14H,3-4,6,9-12H2,1-2H3. The van der Waals surface area contributed by atoms with Crippen LogP contribution in [0.25, 0.3) is 0 Å². The van der Waals surface area contributed by atoms with E-state index in [4.69, 9.17) is 13.9 Å². The topological polar surface area (TPSA) is 31.0 Å². The van der Waals surface area contributed by atoms with Gasteiger partial charge in [0.25, 0.3) is 0 Å². The normalized spacial score (nSPS) is 17.2. The van der Waals surface area contributed by atoms with Crippen LogP contribution in [0, 0.1) is 0 Å². The predicted molar refractivity (Wildman–Crippen MR) is 81.6 cm³/mol. The van der Waals surface area contributed by atoms with Crippen molar-refractivity contribution in [3.8, 4) is 5.75 Å². The van der Waals surface area contributed by atoms with E-state index < -0.39 is 0 Å². The number of ether oxygens (including phenoxy) is 2. The summed E-state index contributed by atoms with van der Waals surface area (Å²) in [7, 11) is 0.517. The first-order valence-electron chi connectivity index (χ1n) is 7.55. The van der Waals surface area contributed by atoms with Gasteiger partial charge in [-0.3, -0.25) is 0 Å². The predicted octanol–water partition coefficient (Wildman–Crippen LogP) is 3.03. The Morgan fingerprint density at radius 2 is 2.15 bits per heavy atom. The summed E-state index contributed by atoms with van der Waals surface area (Å²) in [5.74, 6) is 1.07. The number of hydrogen-bond acceptors (Lipinski definition) is 3. The number of rotatable bonds is 10. The average molecular weight is 292 g/mol. The fraction of sp³-hybridized carbons (Fsp3) is 0.625. The molecule has 1 aromatic carbocycles. The molecule has 0 bridgehead atoms. The summed E-state index contributed by atoms with van der Waals surface area (Å²) in [5.41, 5.74) is 2.77. The third-order valence-corrected chi connectivity index (χ3v) is 4.34. The quantitative estimate of drug-likeness (QED) is 0.377. The van der Waals surface area contributed by atoms with Crippen molar-refractivity contribution in [2.45, 2.75) is 45.3 Å². The number of benzene rings is 1. The highest BCUT2D eigenvalue weighted by atomic mass is 28.2. The molecule has 0 spiro atoms. The fourth-order valence-electron chi connectivity index (χ4n) is 2.19. The molecule has 1 heterocycles. The van der Waals surface area contributed by atoms with Crippen molar-refractivity contribution in [1.29, 1.82) is 0 Å². The first-order chi connectivity index (χ1) is 9.85. The van der Waals surface area contributed by atoms with Gasteiger partial charge in [0.05, 0.1) is 13.2 Å². The molecule has 1 atom stereocenters. The van der Waals surface area contributed by atoms with Gasteiger partial charge in [0, 0.05) is 6.61 Å². The fourth-order valence-corrected chi connectivity index (χ4v) is 2.93. The van der Waals surface area contributed by atoms with Crippen molar-refractivity contribution < 1.29 is 13.9 Å². The molecule has 0 amide bonds. The molecule has 1 aliphatic heterocycles. The summed E-state index contributed by atoms with van der Waals surface area (Å²) in [6.07, 6.45) is 3.53. The second-order valence-electron chi connectivity index (χ2n) is 4.98. The smallest absolute Gasteiger partial charge is 0.310 e. The number of hydrogen-bond donors (Lipinski definition) is 0. The Labute approximate surface area is 124 Å². The molecule has 0 aliphatic carbocycles. The molecule has 1 saturated heterocycles. The van der Waals surface area contributed by atoms with Crippen molar-refractivity contribution >= 4 is 9.76 Å². The monoisotopic (exact) mass is 292 g/mol. The van der Waals surface area contributed by atoms with Gasteiger partial charge in [-0.25, -0.2) is 0 Å². The minimum Gasteiger partial charge on any atom is -0.541 e. The maximum absolute atomic E-state index is 5.96. The third kappa shape index (κ3) is 4.92. The van der Waals surface area contributed by atoms with Crippen molar-refractivity contribution in [3.63, 3.8) is 0 Å². The molecule has 2 rings (SSSR count). The van der Waals surface area contributed by atoms with Gasteiger partial charge in [-0.05, 0) is 42.5 Å². The molecule has 0 aromatic heterocycles. The SMILES string of the molecule is CCc1cccc(O[Si]CCCOCC2CO2)c1CC. The molecule has 4 heteroatoms. The average Bonchev–Trinajstić information content (AvgIpc) is 3.30. The van der Waals surface area contributed by atoms with E-state index >= 15 is 0 Å². The van der Waals surface area contributed by atoms with Gasteiger partial charge in [-0.2, -0.15) is 0 Å². The van der Waals surface area contributed by atoms with Crippen LogP contribution in [0.2, 0.25) is 6.04 Å². The lowest BCUT2D eigenvalue weighted by atomic mass is 10.0. The molecule has 1 unspecified atom stereocenters. The van der Waals surface area contributed by atoms with Crippen LogP contribution in [0.3, 0.4) is 0 Å². The molecule has 1 aromatic rings. The van der Waals surface area contributed by atoms with Crippen LogP contribution >= 0.6 is 0 Å². The second-order valence-corrected chi connectivity index (χ2v) is 5.97. The lowest BCUT2D eigenvalue weighted by molar-refractivity contribution is 0.117. The van der Waals surface area contributed by atoms with Gasteiger partial charge < -0.3 is 13.9 Å². The molecule has 2 radical (unpaired) electrons. The van der Waals surface area contributed by atoms with E-state index in [1.54, 1.807) is 0 Å². The minimum absolute atomic E-state index is 0.373. The third-order valence-electron chi connectivity index (χ3n) is 3.42. The summed E-state index contributed by atoms with van der Waals surface area (Å²) >= 11 is 0. The second kappa shape index (κ2) is 8.45. The molecule has 0 saturated carbocycles. The first-order valence-corrected chi connectivity index (χ1v) is 8.66. The molecular formula is C16H24O3Si. The summed E-state index contributed by atoms with van der Waals surface area (Å²) < 4.78 is 16.6. The van der Waals surface area contributed by atoms with Gasteiger partial charge in [-0.1, -0.05) is 26.0 Å². The maximum Gasteiger partial charge on any atom is 0.310 e. The Bertz CT molecular complexity index is 405. The highest BCUT2D eigenvalue weighted by Gasteiger charge is 2.21. The number of epoxide rings is 1. The van der Waals surface area contributed by atoms with E-state index in [0.29, 0.717) is 15.9 Å². The zero-order valence-electron chi connectivity index (χ0n) is 12.5. The molecule has 1 fully saturated rings. The van der Waals surface area contributed by atoms with E-state index in [0.717, 1.165) is 50.9 Å². The first kappa shape index (κ1) is 15.5. The Kier molecular flexibility index (Phi) is 6.56. The molecule has 3 nitrogen and oxygen atoms in total. The summed E-state index contributed by atoms with van der Waals surface area (Å²) in [4.78, 5) is 0. The summed E-state index contributed by atoms with van der Waals surface area (Å²) in [5, 5.41) is 0. The largest absolute Gasteiger partial charge is 0.541 e. The van der Waals surface area contributed by atoms with Crippen molar-refractivity contribution in [3.05, 3.63) is 29.3 Å². The molecular weight excluding hydrogens is 268 g/mol. The van der Waals surface area contributed by atoms with Crippen LogP contribution in [0.1, 0.15) is 31.4 Å². The highest BCUT2D eigenvalue weighted by molar-refractivity contribution is 6.28. The van der Waals surface area contributed by atoms with Gasteiger partial charge >= 0.3 is 9.76 Å². The lowest BCUT2D eigenvalue weighted by Gasteiger charge is -2.13. The van der Waals surface area contributed by atoms with Gasteiger partial charge in [0.15, 0.2) is 0 Å². The Morgan fingerprint density at radius 1 is 1.30 bits per heavy atom. The van der Waals surface area contributed by atoms with Crippen LogP contribution in [0.4, 0.5) is 0 Å². The van der Waals surface area contributed by atoms with E-state index in [1.165, 1.54) is 11.1 Å². The Balaban J connectivity index is 1.65. The van der Waals surface area contributed by atoms with Crippen molar-refractivity contribution in [2.24, 2.45) is 0 Å². The van der Waals surface area contributed by atoms with Crippen LogP contribution in [0.15, 0.2) is 18.2 Å². The molecule has 1 aliphatic rings. The number of aryl methyl sites for hydroxylation is 1. The molecule has 20 heavy (non-hydrogen) atoms. The zero-order valence-corrected chi connectivity index (χ0v) is 13.5. The maximum atomic E-state index is 5.96. The lowest BCUT2D eigenvalue weighted by Crippen LogP contribution is -2.08. The Morgan fingerprint density at radius 3 is 2.85 bits per heavy atom. The Hall–Kier alpha value is -0.843. The zero-order chi connectivity index (χ0) is 14.2. The van der Waals surface area contributed by atoms with Gasteiger partial charge in [0.2, 0.25) is 0 Å². The summed E-state index contributed by atoms with van der Waals surface area (Å²) in [6.45, 7) is 6.83. The van der Waals surface area contributed by atoms with Gasteiger partial charge in [0.1, 0.15) is 11.9 Å². The molecule has 0 N–H and O–H groups in total. The van der Waals surface area contributed by atoms with Crippen LogP contribution in [0.5, 0.6) is 5.75 Å².